The van der Waals surface area contributed by atoms with Crippen molar-refractivity contribution in [2.24, 2.45) is 0 Å². The van der Waals surface area contributed by atoms with Gasteiger partial charge in [0, 0.05) is 19.3 Å². The zero-order chi connectivity index (χ0) is 16.9. The molecule has 2 aromatic rings. The average Bonchev–Trinajstić information content (AvgIpc) is 3.17. The highest BCUT2D eigenvalue weighted by atomic mass is 32.2. The van der Waals surface area contributed by atoms with Crippen LogP contribution in [0.3, 0.4) is 0 Å². The first-order chi connectivity index (χ1) is 11.7. The Morgan fingerprint density at radius 1 is 1.17 bits per heavy atom. The van der Waals surface area contributed by atoms with Gasteiger partial charge in [0.15, 0.2) is 0 Å². The van der Waals surface area contributed by atoms with Gasteiger partial charge in [-0.15, -0.1) is 0 Å². The fourth-order valence-electron chi connectivity index (χ4n) is 3.05. The van der Waals surface area contributed by atoms with Crippen LogP contribution in [-0.2, 0) is 10.8 Å². The summed E-state index contributed by atoms with van der Waals surface area (Å²) in [4.78, 5) is 18.5. The van der Waals surface area contributed by atoms with E-state index >= 15 is 0 Å². The predicted molar refractivity (Wildman–Crippen MR) is 95.3 cm³/mol. The maximum Gasteiger partial charge on any atom is 0.255 e. The van der Waals surface area contributed by atoms with E-state index in [9.17, 15) is 9.00 Å². The number of pyridine rings is 1. The molecule has 1 aliphatic rings. The monoisotopic (exact) mass is 342 g/mol. The Kier molecular flexibility index (Phi) is 5.41. The highest BCUT2D eigenvalue weighted by Crippen LogP contribution is 2.27. The third-order valence-corrected chi connectivity index (χ3v) is 6.16. The molecule has 0 N–H and O–H groups in total. The van der Waals surface area contributed by atoms with E-state index in [4.69, 9.17) is 0 Å². The second-order valence-corrected chi connectivity index (χ2v) is 7.57. The second-order valence-electron chi connectivity index (χ2n) is 5.99. The minimum absolute atomic E-state index is 0.0208. The smallest absolute Gasteiger partial charge is 0.255 e. The van der Waals surface area contributed by atoms with E-state index < -0.39 is 10.8 Å². The molecule has 5 heteroatoms. The van der Waals surface area contributed by atoms with Gasteiger partial charge in [0.2, 0.25) is 0 Å². The van der Waals surface area contributed by atoms with E-state index in [0.717, 1.165) is 37.9 Å². The number of aromatic nitrogens is 1. The van der Waals surface area contributed by atoms with E-state index in [1.165, 1.54) is 0 Å². The van der Waals surface area contributed by atoms with Crippen LogP contribution >= 0.6 is 0 Å². The predicted octanol–water partition coefficient (Wildman–Crippen LogP) is 3.58. The van der Waals surface area contributed by atoms with Gasteiger partial charge in [0.05, 0.1) is 21.6 Å². The van der Waals surface area contributed by atoms with Crippen molar-refractivity contribution >= 4 is 16.7 Å². The van der Waals surface area contributed by atoms with Crippen molar-refractivity contribution in [3.05, 3.63) is 59.8 Å². The number of benzene rings is 1. The second kappa shape index (κ2) is 7.71. The quantitative estimate of drug-likeness (QED) is 0.834. The Bertz CT molecular complexity index is 710. The Morgan fingerprint density at radius 3 is 2.46 bits per heavy atom. The van der Waals surface area contributed by atoms with Crippen LogP contribution in [-0.4, -0.2) is 33.1 Å². The highest BCUT2D eigenvalue weighted by Gasteiger charge is 2.22. The molecular formula is C19H22N2O2S. The normalized spacial score (nSPS) is 16.8. The minimum Gasteiger partial charge on any atom is -0.339 e. The van der Waals surface area contributed by atoms with E-state index in [1.807, 2.05) is 42.2 Å². The number of nitrogens with zero attached hydrogens (tertiary/aromatic N) is 2. The van der Waals surface area contributed by atoms with E-state index in [2.05, 4.69) is 4.98 Å². The highest BCUT2D eigenvalue weighted by molar-refractivity contribution is 7.85. The topological polar surface area (TPSA) is 50.3 Å². The lowest BCUT2D eigenvalue weighted by Crippen LogP contribution is -2.27. The number of rotatable bonds is 5. The zero-order valence-electron chi connectivity index (χ0n) is 13.9. The summed E-state index contributed by atoms with van der Waals surface area (Å²) in [7, 11) is -1.23. The van der Waals surface area contributed by atoms with Crippen molar-refractivity contribution in [1.29, 1.82) is 0 Å². The van der Waals surface area contributed by atoms with Gasteiger partial charge in [0.1, 0.15) is 5.03 Å². The molecule has 0 radical (unpaired) electrons. The molecule has 0 spiro atoms. The van der Waals surface area contributed by atoms with E-state index in [0.29, 0.717) is 10.6 Å². The van der Waals surface area contributed by atoms with Crippen LogP contribution in [0.4, 0.5) is 0 Å². The molecule has 3 rings (SSSR count). The van der Waals surface area contributed by atoms with Crippen LogP contribution in [0.2, 0.25) is 0 Å². The number of hydrogen-bond acceptors (Lipinski definition) is 3. The molecule has 0 aliphatic carbocycles. The van der Waals surface area contributed by atoms with Crippen molar-refractivity contribution in [3.8, 4) is 0 Å². The molecule has 4 nitrogen and oxygen atoms in total. The number of carbonyl (C=O) groups excluding carboxylic acids is 1. The van der Waals surface area contributed by atoms with Crippen LogP contribution in [0.1, 0.15) is 47.4 Å². The number of likely N-dealkylation sites (tertiary alicyclic amines) is 1. The zero-order valence-corrected chi connectivity index (χ0v) is 14.7. The van der Waals surface area contributed by atoms with Crippen molar-refractivity contribution in [2.75, 3.05) is 13.1 Å². The van der Waals surface area contributed by atoms with Crippen LogP contribution in [0.5, 0.6) is 0 Å². The third-order valence-electron chi connectivity index (χ3n) is 4.38. The lowest BCUT2D eigenvalue weighted by atomic mass is 10.1. The maximum atomic E-state index is 12.9. The van der Waals surface area contributed by atoms with Crippen LogP contribution < -0.4 is 0 Å². The van der Waals surface area contributed by atoms with Gasteiger partial charge >= 0.3 is 0 Å². The summed E-state index contributed by atoms with van der Waals surface area (Å²) in [5.74, 6) is 0.0208. The average molecular weight is 342 g/mol. The molecule has 126 valence electrons. The molecule has 2 unspecified atom stereocenters. The molecule has 1 aliphatic heterocycles. The minimum atomic E-state index is -1.23. The summed E-state index contributed by atoms with van der Waals surface area (Å²) in [6, 6.07) is 13.3. The molecule has 2 heterocycles. The lowest BCUT2D eigenvalue weighted by Gasteiger charge is -2.16. The molecule has 1 saturated heterocycles. The van der Waals surface area contributed by atoms with Crippen molar-refractivity contribution in [3.63, 3.8) is 0 Å². The number of hydrogen-bond donors (Lipinski definition) is 0. The van der Waals surface area contributed by atoms with E-state index in [1.54, 1.807) is 18.3 Å². The molecule has 1 amide bonds. The molecule has 2 atom stereocenters. The molecule has 1 aromatic heterocycles. The van der Waals surface area contributed by atoms with Crippen LogP contribution in [0, 0.1) is 0 Å². The largest absolute Gasteiger partial charge is 0.339 e. The maximum absolute atomic E-state index is 12.9. The van der Waals surface area contributed by atoms with Gasteiger partial charge in [0.25, 0.3) is 5.91 Å². The number of amides is 1. The molecule has 1 fully saturated rings. The Balaban J connectivity index is 1.77. The molecule has 1 aromatic carbocycles. The first kappa shape index (κ1) is 16.8. The van der Waals surface area contributed by atoms with Crippen LogP contribution in [0.25, 0.3) is 0 Å². The Hall–Kier alpha value is -2.01. The SMILES string of the molecule is CCC(c1ccccc1)S(=O)c1ccc(C(=O)N2CCCC2)cn1. The summed E-state index contributed by atoms with van der Waals surface area (Å²) in [5, 5.41) is 0.447. The summed E-state index contributed by atoms with van der Waals surface area (Å²) in [6.07, 6.45) is 4.46. The number of carbonyl (C=O) groups is 1. The van der Waals surface area contributed by atoms with Gasteiger partial charge in [-0.2, -0.15) is 0 Å². The fourth-order valence-corrected chi connectivity index (χ4v) is 4.41. The summed E-state index contributed by atoms with van der Waals surface area (Å²) < 4.78 is 12.9. The fraction of sp³-hybridized carbons (Fsp3) is 0.368. The first-order valence-corrected chi connectivity index (χ1v) is 9.63. The molecule has 0 bridgehead atoms. The molecule has 0 saturated carbocycles. The first-order valence-electron chi connectivity index (χ1n) is 8.41. The lowest BCUT2D eigenvalue weighted by molar-refractivity contribution is 0.0792. The molecular weight excluding hydrogens is 320 g/mol. The van der Waals surface area contributed by atoms with Gasteiger partial charge < -0.3 is 4.90 Å². The van der Waals surface area contributed by atoms with Crippen molar-refractivity contribution in [1.82, 2.24) is 9.88 Å². The third kappa shape index (κ3) is 3.56. The summed E-state index contributed by atoms with van der Waals surface area (Å²) in [6.45, 7) is 3.66. The van der Waals surface area contributed by atoms with Gasteiger partial charge in [-0.05, 0) is 37.0 Å². The summed E-state index contributed by atoms with van der Waals surface area (Å²) in [5.41, 5.74) is 1.63. The Morgan fingerprint density at radius 2 is 1.88 bits per heavy atom. The van der Waals surface area contributed by atoms with Crippen LogP contribution in [0.15, 0.2) is 53.7 Å². The van der Waals surface area contributed by atoms with Gasteiger partial charge in [-0.3, -0.25) is 9.00 Å². The molecule has 24 heavy (non-hydrogen) atoms. The van der Waals surface area contributed by atoms with E-state index in [-0.39, 0.29) is 11.2 Å². The summed E-state index contributed by atoms with van der Waals surface area (Å²) >= 11 is 0. The standard InChI is InChI=1S/C19H22N2O2S/c1-2-17(15-8-4-3-5-9-15)24(23)18-11-10-16(14-20-18)19(22)21-12-6-7-13-21/h3-5,8-11,14,17H,2,6-7,12-13H2,1H3. The van der Waals surface area contributed by atoms with Crippen molar-refractivity contribution in [2.45, 2.75) is 36.5 Å². The Labute approximate surface area is 145 Å². The van der Waals surface area contributed by atoms with Gasteiger partial charge in [-0.1, -0.05) is 37.3 Å². The van der Waals surface area contributed by atoms with Crippen molar-refractivity contribution < 1.29 is 9.00 Å². The van der Waals surface area contributed by atoms with Gasteiger partial charge in [-0.25, -0.2) is 4.98 Å².